The van der Waals surface area contributed by atoms with Gasteiger partial charge in [-0.05, 0) is 24.8 Å². The number of carbonyl (C=O) groups is 1. The van der Waals surface area contributed by atoms with Crippen LogP contribution in [0, 0.1) is 0 Å². The summed E-state index contributed by atoms with van der Waals surface area (Å²) in [5.74, 6) is -0.750. The first kappa shape index (κ1) is 9.54. The third kappa shape index (κ3) is 1.45. The number of carboxylic acids is 1. The van der Waals surface area contributed by atoms with E-state index in [1.165, 1.54) is 6.42 Å². The molecule has 0 aromatic heterocycles. The largest absolute Gasteiger partial charge is 0.477 e. The summed E-state index contributed by atoms with van der Waals surface area (Å²) >= 11 is 1.67. The van der Waals surface area contributed by atoms with Crippen molar-refractivity contribution in [2.45, 2.75) is 25.3 Å². The lowest BCUT2D eigenvalue weighted by Gasteiger charge is -2.37. The van der Waals surface area contributed by atoms with Crippen molar-refractivity contribution in [3.63, 3.8) is 0 Å². The topological polar surface area (TPSA) is 43.8 Å². The molecule has 3 aliphatic heterocycles. The summed E-state index contributed by atoms with van der Waals surface area (Å²) in [5, 5.41) is 9.18. The molecule has 1 atom stereocenters. The van der Waals surface area contributed by atoms with Gasteiger partial charge in [-0.1, -0.05) is 0 Å². The van der Waals surface area contributed by atoms with Crippen LogP contribution in [0.2, 0.25) is 0 Å². The van der Waals surface area contributed by atoms with Gasteiger partial charge in [0.2, 0.25) is 0 Å². The highest BCUT2D eigenvalue weighted by Gasteiger charge is 2.42. The first-order valence-corrected chi connectivity index (χ1v) is 6.19. The Morgan fingerprint density at radius 3 is 2.67 bits per heavy atom. The molecule has 3 aliphatic rings. The molecular formula is C10H14N2O2S. The van der Waals surface area contributed by atoms with Gasteiger partial charge in [-0.2, -0.15) is 0 Å². The van der Waals surface area contributed by atoms with Crippen molar-refractivity contribution in [3.8, 4) is 0 Å². The summed E-state index contributed by atoms with van der Waals surface area (Å²) in [6.45, 7) is 3.13. The Morgan fingerprint density at radius 2 is 2.20 bits per heavy atom. The summed E-state index contributed by atoms with van der Waals surface area (Å²) < 4.78 is 2.25. The smallest absolute Gasteiger partial charge is 0.353 e. The minimum atomic E-state index is -0.750. The fourth-order valence-corrected chi connectivity index (χ4v) is 3.59. The van der Waals surface area contributed by atoms with E-state index in [9.17, 15) is 9.90 Å². The van der Waals surface area contributed by atoms with E-state index in [4.69, 9.17) is 0 Å². The molecule has 1 unspecified atom stereocenters. The van der Waals surface area contributed by atoms with Crippen LogP contribution in [0.4, 0.5) is 0 Å². The van der Waals surface area contributed by atoms with Gasteiger partial charge in [-0.15, -0.1) is 0 Å². The fourth-order valence-electron chi connectivity index (χ4n) is 2.28. The van der Waals surface area contributed by atoms with Crippen LogP contribution in [-0.2, 0) is 4.79 Å². The highest BCUT2D eigenvalue weighted by molar-refractivity contribution is 8.00. The summed E-state index contributed by atoms with van der Waals surface area (Å²) in [7, 11) is 0. The molecule has 82 valence electrons. The second kappa shape index (κ2) is 3.42. The molecule has 0 spiro atoms. The van der Waals surface area contributed by atoms with E-state index >= 15 is 0 Å². The Balaban J connectivity index is 1.78. The Labute approximate surface area is 93.1 Å². The van der Waals surface area contributed by atoms with Crippen LogP contribution in [0.3, 0.4) is 0 Å². The van der Waals surface area contributed by atoms with E-state index < -0.39 is 5.97 Å². The van der Waals surface area contributed by atoms with E-state index in [-0.39, 0.29) is 0 Å². The van der Waals surface area contributed by atoms with E-state index in [1.54, 1.807) is 11.9 Å². The van der Waals surface area contributed by atoms with Crippen molar-refractivity contribution in [2.24, 2.45) is 0 Å². The SMILES string of the molecule is O=C(O)C1=C(SN2CCC2)CC2CCN12. The van der Waals surface area contributed by atoms with Crippen molar-refractivity contribution in [2.75, 3.05) is 19.6 Å². The van der Waals surface area contributed by atoms with Crippen molar-refractivity contribution >= 4 is 17.9 Å². The normalized spacial score (nSPS) is 29.9. The average molecular weight is 226 g/mol. The van der Waals surface area contributed by atoms with Crippen LogP contribution >= 0.6 is 11.9 Å². The summed E-state index contributed by atoms with van der Waals surface area (Å²) in [4.78, 5) is 14.3. The maximum atomic E-state index is 11.2. The van der Waals surface area contributed by atoms with Gasteiger partial charge in [0.15, 0.2) is 0 Å². The zero-order valence-corrected chi connectivity index (χ0v) is 9.29. The molecule has 0 saturated carbocycles. The predicted molar refractivity (Wildman–Crippen MR) is 58.2 cm³/mol. The van der Waals surface area contributed by atoms with Gasteiger partial charge < -0.3 is 10.0 Å². The average Bonchev–Trinajstić information content (AvgIpc) is 2.32. The number of hydrogen-bond acceptors (Lipinski definition) is 4. The minimum Gasteiger partial charge on any atom is -0.477 e. The molecule has 5 heteroatoms. The predicted octanol–water partition coefficient (Wildman–Crippen LogP) is 1.11. The van der Waals surface area contributed by atoms with Crippen LogP contribution in [0.5, 0.6) is 0 Å². The Kier molecular flexibility index (Phi) is 2.17. The zero-order valence-electron chi connectivity index (χ0n) is 8.48. The number of fused-ring (bicyclic) bond motifs is 1. The maximum Gasteiger partial charge on any atom is 0.353 e. The zero-order chi connectivity index (χ0) is 10.4. The number of rotatable bonds is 3. The van der Waals surface area contributed by atoms with Gasteiger partial charge in [0.25, 0.3) is 0 Å². The number of nitrogens with zero attached hydrogens (tertiary/aromatic N) is 2. The fraction of sp³-hybridized carbons (Fsp3) is 0.700. The quantitative estimate of drug-likeness (QED) is 0.730. The summed E-state index contributed by atoms with van der Waals surface area (Å²) in [5.41, 5.74) is 0.572. The number of carboxylic acid groups (broad SMARTS) is 1. The number of hydrogen-bond donors (Lipinski definition) is 1. The molecule has 3 heterocycles. The van der Waals surface area contributed by atoms with Crippen molar-refractivity contribution in [3.05, 3.63) is 10.6 Å². The van der Waals surface area contributed by atoms with E-state index in [2.05, 4.69) is 4.31 Å². The van der Waals surface area contributed by atoms with Gasteiger partial charge in [-0.3, -0.25) is 0 Å². The summed E-state index contributed by atoms with van der Waals surface area (Å²) in [6, 6.07) is 0.486. The molecule has 0 bridgehead atoms. The first-order valence-electron chi connectivity index (χ1n) is 5.41. The highest BCUT2D eigenvalue weighted by Crippen LogP contribution is 2.43. The third-order valence-corrected chi connectivity index (χ3v) is 4.58. The molecule has 1 N–H and O–H groups in total. The van der Waals surface area contributed by atoms with E-state index in [0.717, 1.165) is 37.4 Å². The standard InChI is InChI=1S/C10H14N2O2S/c13-10(14)9-8(15-11-3-1-4-11)6-7-2-5-12(7)9/h7H,1-6H2,(H,13,14). The van der Waals surface area contributed by atoms with Crippen LogP contribution in [0.1, 0.15) is 19.3 Å². The highest BCUT2D eigenvalue weighted by atomic mass is 32.2. The van der Waals surface area contributed by atoms with Gasteiger partial charge in [0, 0.05) is 37.0 Å². The van der Waals surface area contributed by atoms with Crippen molar-refractivity contribution in [1.82, 2.24) is 9.21 Å². The molecule has 0 aliphatic carbocycles. The van der Waals surface area contributed by atoms with Crippen LogP contribution < -0.4 is 0 Å². The van der Waals surface area contributed by atoms with Crippen LogP contribution in [0.15, 0.2) is 10.6 Å². The van der Waals surface area contributed by atoms with Crippen molar-refractivity contribution < 1.29 is 9.90 Å². The van der Waals surface area contributed by atoms with Gasteiger partial charge in [0.05, 0.1) is 0 Å². The van der Waals surface area contributed by atoms with Gasteiger partial charge in [0.1, 0.15) is 5.70 Å². The van der Waals surface area contributed by atoms with Crippen molar-refractivity contribution in [1.29, 1.82) is 0 Å². The Morgan fingerprint density at radius 1 is 1.40 bits per heavy atom. The number of aliphatic carboxylic acids is 1. The third-order valence-electron chi connectivity index (χ3n) is 3.37. The summed E-state index contributed by atoms with van der Waals surface area (Å²) in [6.07, 6.45) is 3.35. The molecular weight excluding hydrogens is 212 g/mol. The van der Waals surface area contributed by atoms with Gasteiger partial charge in [-0.25, -0.2) is 9.10 Å². The Bertz CT molecular complexity index is 338. The lowest BCUT2D eigenvalue weighted by atomic mass is 10.0. The van der Waals surface area contributed by atoms with E-state index in [0.29, 0.717) is 11.7 Å². The molecule has 0 radical (unpaired) electrons. The van der Waals surface area contributed by atoms with E-state index in [1.807, 2.05) is 4.90 Å². The first-order chi connectivity index (χ1) is 7.25. The lowest BCUT2D eigenvalue weighted by molar-refractivity contribution is -0.135. The second-order valence-electron chi connectivity index (χ2n) is 4.29. The van der Waals surface area contributed by atoms with Gasteiger partial charge >= 0.3 is 5.97 Å². The molecule has 0 aromatic carbocycles. The second-order valence-corrected chi connectivity index (χ2v) is 5.48. The molecule has 15 heavy (non-hydrogen) atoms. The molecule has 0 amide bonds. The molecule has 2 fully saturated rings. The molecule has 3 rings (SSSR count). The monoisotopic (exact) mass is 226 g/mol. The maximum absolute atomic E-state index is 11.2. The lowest BCUT2D eigenvalue weighted by Crippen LogP contribution is -2.44. The van der Waals surface area contributed by atoms with Crippen LogP contribution in [-0.4, -0.2) is 46.0 Å². The molecule has 2 saturated heterocycles. The Hall–Kier alpha value is -0.680. The van der Waals surface area contributed by atoms with Crippen LogP contribution in [0.25, 0.3) is 0 Å². The molecule has 0 aromatic rings. The minimum absolute atomic E-state index is 0.486. The molecule has 4 nitrogen and oxygen atoms in total.